The molecular formula is C14H20ClN3O. The fraction of sp³-hybridized carbons (Fsp3) is 0.500. The minimum Gasteiger partial charge on any atom is -0.368 e. The Hall–Kier alpha value is -1.10. The maximum Gasteiger partial charge on any atom is 0.234 e. The number of halogens is 1. The van der Waals surface area contributed by atoms with E-state index < -0.39 is 0 Å². The highest BCUT2D eigenvalue weighted by Gasteiger charge is 2.23. The first-order valence-electron chi connectivity index (χ1n) is 6.56. The molecule has 2 rings (SSSR count). The van der Waals surface area contributed by atoms with Crippen LogP contribution in [0.3, 0.4) is 0 Å². The molecule has 1 heterocycles. The van der Waals surface area contributed by atoms with E-state index in [2.05, 4.69) is 15.9 Å². The Morgan fingerprint density at radius 1 is 1.37 bits per heavy atom. The molecule has 2 N–H and O–H groups in total. The predicted octanol–water partition coefficient (Wildman–Crippen LogP) is 1.33. The molecule has 1 aromatic rings. The zero-order valence-electron chi connectivity index (χ0n) is 11.2. The van der Waals surface area contributed by atoms with Crippen LogP contribution in [-0.2, 0) is 11.3 Å². The molecule has 0 unspecified atom stereocenters. The molecule has 1 aliphatic rings. The van der Waals surface area contributed by atoms with Crippen LogP contribution in [0.25, 0.3) is 0 Å². The van der Waals surface area contributed by atoms with E-state index >= 15 is 0 Å². The molecule has 1 amide bonds. The van der Waals surface area contributed by atoms with Crippen molar-refractivity contribution in [2.45, 2.75) is 19.5 Å². The SMILES string of the molecule is C[C@@H](C(N)=O)N1CCN(Cc2cccc(Cl)c2)CC1. The smallest absolute Gasteiger partial charge is 0.234 e. The summed E-state index contributed by atoms with van der Waals surface area (Å²) in [7, 11) is 0. The Morgan fingerprint density at radius 3 is 2.63 bits per heavy atom. The monoisotopic (exact) mass is 281 g/mol. The lowest BCUT2D eigenvalue weighted by Gasteiger charge is -2.36. The van der Waals surface area contributed by atoms with Gasteiger partial charge in [0, 0.05) is 37.7 Å². The fourth-order valence-corrected chi connectivity index (χ4v) is 2.60. The van der Waals surface area contributed by atoms with Crippen LogP contribution in [0, 0.1) is 0 Å². The summed E-state index contributed by atoms with van der Waals surface area (Å²) in [5.74, 6) is -0.247. The second kappa shape index (κ2) is 6.37. The van der Waals surface area contributed by atoms with Crippen LogP contribution < -0.4 is 5.73 Å². The molecule has 0 aromatic heterocycles. The van der Waals surface area contributed by atoms with E-state index in [9.17, 15) is 4.79 Å². The van der Waals surface area contributed by atoms with Crippen LogP contribution in [0.5, 0.6) is 0 Å². The number of primary amides is 1. The van der Waals surface area contributed by atoms with E-state index in [-0.39, 0.29) is 11.9 Å². The van der Waals surface area contributed by atoms with Gasteiger partial charge < -0.3 is 5.73 Å². The van der Waals surface area contributed by atoms with Crippen molar-refractivity contribution in [1.82, 2.24) is 9.80 Å². The Balaban J connectivity index is 1.85. The highest BCUT2D eigenvalue weighted by atomic mass is 35.5. The van der Waals surface area contributed by atoms with Gasteiger partial charge in [-0.1, -0.05) is 23.7 Å². The molecule has 4 nitrogen and oxygen atoms in total. The third kappa shape index (κ3) is 3.93. The quantitative estimate of drug-likeness (QED) is 0.906. The summed E-state index contributed by atoms with van der Waals surface area (Å²) >= 11 is 5.98. The van der Waals surface area contributed by atoms with Crippen LogP contribution in [-0.4, -0.2) is 47.9 Å². The Kier molecular flexibility index (Phi) is 4.80. The summed E-state index contributed by atoms with van der Waals surface area (Å²) in [5, 5.41) is 0.776. The first-order valence-corrected chi connectivity index (χ1v) is 6.94. The van der Waals surface area contributed by atoms with Gasteiger partial charge in [0.25, 0.3) is 0 Å². The summed E-state index contributed by atoms with van der Waals surface area (Å²) in [6.07, 6.45) is 0. The molecule has 0 spiro atoms. The summed E-state index contributed by atoms with van der Waals surface area (Å²) in [6.45, 7) is 6.43. The maximum atomic E-state index is 11.2. The van der Waals surface area contributed by atoms with E-state index in [1.54, 1.807) is 0 Å². The van der Waals surface area contributed by atoms with E-state index in [1.165, 1.54) is 5.56 Å². The van der Waals surface area contributed by atoms with Gasteiger partial charge >= 0.3 is 0 Å². The van der Waals surface area contributed by atoms with Gasteiger partial charge in [-0.3, -0.25) is 14.6 Å². The minimum absolute atomic E-state index is 0.173. The lowest BCUT2D eigenvalue weighted by molar-refractivity contribution is -0.123. The van der Waals surface area contributed by atoms with Crippen molar-refractivity contribution in [3.8, 4) is 0 Å². The van der Waals surface area contributed by atoms with Gasteiger partial charge in [-0.05, 0) is 24.6 Å². The number of nitrogens with two attached hydrogens (primary N) is 1. The largest absolute Gasteiger partial charge is 0.368 e. The molecule has 1 fully saturated rings. The van der Waals surface area contributed by atoms with E-state index in [4.69, 9.17) is 17.3 Å². The first kappa shape index (κ1) is 14.3. The molecule has 1 atom stereocenters. The number of benzene rings is 1. The van der Waals surface area contributed by atoms with Gasteiger partial charge in [-0.2, -0.15) is 0 Å². The average Bonchev–Trinajstić information content (AvgIpc) is 2.39. The fourth-order valence-electron chi connectivity index (χ4n) is 2.38. The van der Waals surface area contributed by atoms with Crippen molar-refractivity contribution < 1.29 is 4.79 Å². The Morgan fingerprint density at radius 2 is 2.05 bits per heavy atom. The van der Waals surface area contributed by atoms with Crippen molar-refractivity contribution in [1.29, 1.82) is 0 Å². The van der Waals surface area contributed by atoms with Gasteiger partial charge in [0.05, 0.1) is 6.04 Å². The second-order valence-electron chi connectivity index (χ2n) is 5.02. The van der Waals surface area contributed by atoms with Crippen molar-refractivity contribution >= 4 is 17.5 Å². The molecule has 1 saturated heterocycles. The van der Waals surface area contributed by atoms with Gasteiger partial charge in [0.15, 0.2) is 0 Å². The number of carbonyl (C=O) groups excluding carboxylic acids is 1. The molecule has 1 aliphatic heterocycles. The number of hydrogen-bond donors (Lipinski definition) is 1. The topological polar surface area (TPSA) is 49.6 Å². The average molecular weight is 282 g/mol. The highest BCUT2D eigenvalue weighted by molar-refractivity contribution is 6.30. The molecule has 19 heavy (non-hydrogen) atoms. The molecule has 104 valence electrons. The normalized spacial score (nSPS) is 19.3. The Labute approximate surface area is 119 Å². The van der Waals surface area contributed by atoms with Crippen LogP contribution in [0.15, 0.2) is 24.3 Å². The van der Waals surface area contributed by atoms with Gasteiger partial charge in [-0.25, -0.2) is 0 Å². The van der Waals surface area contributed by atoms with Crippen molar-refractivity contribution in [3.63, 3.8) is 0 Å². The molecular weight excluding hydrogens is 262 g/mol. The van der Waals surface area contributed by atoms with Crippen molar-refractivity contribution in [2.24, 2.45) is 5.73 Å². The minimum atomic E-state index is -0.247. The van der Waals surface area contributed by atoms with E-state index in [1.807, 2.05) is 25.1 Å². The van der Waals surface area contributed by atoms with Gasteiger partial charge in [0.2, 0.25) is 5.91 Å². The number of nitrogens with zero attached hydrogens (tertiary/aromatic N) is 2. The standard InChI is InChI=1S/C14H20ClN3O/c1-11(14(16)19)18-7-5-17(6-8-18)10-12-3-2-4-13(15)9-12/h2-4,9,11H,5-8,10H2,1H3,(H2,16,19)/t11-/m0/s1. The molecule has 0 saturated carbocycles. The lowest BCUT2D eigenvalue weighted by atomic mass is 10.1. The second-order valence-corrected chi connectivity index (χ2v) is 5.46. The lowest BCUT2D eigenvalue weighted by Crippen LogP contribution is -2.52. The van der Waals surface area contributed by atoms with Crippen LogP contribution >= 0.6 is 11.6 Å². The predicted molar refractivity (Wildman–Crippen MR) is 77.0 cm³/mol. The molecule has 5 heteroatoms. The first-order chi connectivity index (χ1) is 9.06. The summed E-state index contributed by atoms with van der Waals surface area (Å²) in [4.78, 5) is 15.7. The van der Waals surface area contributed by atoms with Crippen LogP contribution in [0.1, 0.15) is 12.5 Å². The third-order valence-corrected chi connectivity index (χ3v) is 3.90. The van der Waals surface area contributed by atoms with Crippen molar-refractivity contribution in [3.05, 3.63) is 34.9 Å². The van der Waals surface area contributed by atoms with Crippen LogP contribution in [0.4, 0.5) is 0 Å². The molecule has 0 aliphatic carbocycles. The molecule has 0 radical (unpaired) electrons. The number of carbonyl (C=O) groups is 1. The van der Waals surface area contributed by atoms with Crippen LogP contribution in [0.2, 0.25) is 5.02 Å². The zero-order valence-corrected chi connectivity index (χ0v) is 11.9. The number of hydrogen-bond acceptors (Lipinski definition) is 3. The summed E-state index contributed by atoms with van der Waals surface area (Å²) in [6, 6.07) is 7.78. The number of amides is 1. The van der Waals surface area contributed by atoms with E-state index in [0.29, 0.717) is 0 Å². The van der Waals surface area contributed by atoms with E-state index in [0.717, 1.165) is 37.7 Å². The number of piperazine rings is 1. The van der Waals surface area contributed by atoms with Gasteiger partial charge in [0.1, 0.15) is 0 Å². The maximum absolute atomic E-state index is 11.2. The molecule has 0 bridgehead atoms. The van der Waals surface area contributed by atoms with Gasteiger partial charge in [-0.15, -0.1) is 0 Å². The number of rotatable bonds is 4. The third-order valence-electron chi connectivity index (χ3n) is 3.66. The Bertz CT molecular complexity index is 444. The highest BCUT2D eigenvalue weighted by Crippen LogP contribution is 2.14. The molecule has 1 aromatic carbocycles. The van der Waals surface area contributed by atoms with Crippen molar-refractivity contribution in [2.75, 3.05) is 26.2 Å². The zero-order chi connectivity index (χ0) is 13.8. The summed E-state index contributed by atoms with van der Waals surface area (Å²) < 4.78 is 0. The summed E-state index contributed by atoms with van der Waals surface area (Å²) in [5.41, 5.74) is 6.56.